The first-order valence-corrected chi connectivity index (χ1v) is 7.98. The quantitative estimate of drug-likeness (QED) is 0.875. The standard InChI is InChI=1S/C17H24N2S/c1-14(2)19(12-16-10-7-11-20-16)13-17(3,18)15-8-5-4-6-9-15/h4-11,14H,12-13,18H2,1-3H3. The summed E-state index contributed by atoms with van der Waals surface area (Å²) in [4.78, 5) is 3.83. The summed E-state index contributed by atoms with van der Waals surface area (Å²) in [6.07, 6.45) is 0. The van der Waals surface area contributed by atoms with Crippen LogP contribution in [0.3, 0.4) is 0 Å². The molecule has 1 aromatic heterocycles. The van der Waals surface area contributed by atoms with Gasteiger partial charge in [-0.15, -0.1) is 11.3 Å². The molecule has 0 aliphatic heterocycles. The van der Waals surface area contributed by atoms with E-state index in [0.29, 0.717) is 6.04 Å². The number of hydrogen-bond donors (Lipinski definition) is 1. The second kappa shape index (κ2) is 6.53. The molecule has 1 heterocycles. The Balaban J connectivity index is 2.11. The Morgan fingerprint density at radius 1 is 1.15 bits per heavy atom. The van der Waals surface area contributed by atoms with Crippen molar-refractivity contribution >= 4 is 11.3 Å². The summed E-state index contributed by atoms with van der Waals surface area (Å²) in [5, 5.41) is 2.13. The van der Waals surface area contributed by atoms with Crippen LogP contribution >= 0.6 is 11.3 Å². The third kappa shape index (κ3) is 3.92. The molecule has 0 amide bonds. The van der Waals surface area contributed by atoms with Gasteiger partial charge in [-0.25, -0.2) is 0 Å². The molecule has 0 saturated heterocycles. The normalized spacial score (nSPS) is 14.7. The van der Waals surface area contributed by atoms with Gasteiger partial charge in [-0.3, -0.25) is 4.90 Å². The van der Waals surface area contributed by atoms with Gasteiger partial charge < -0.3 is 5.73 Å². The molecule has 1 atom stereocenters. The first-order chi connectivity index (χ1) is 9.49. The molecule has 1 aromatic carbocycles. The van der Waals surface area contributed by atoms with Crippen LogP contribution in [0.2, 0.25) is 0 Å². The highest BCUT2D eigenvalue weighted by Gasteiger charge is 2.25. The molecule has 0 spiro atoms. The molecular weight excluding hydrogens is 264 g/mol. The molecule has 2 rings (SSSR count). The van der Waals surface area contributed by atoms with Crippen LogP contribution < -0.4 is 5.73 Å². The van der Waals surface area contributed by atoms with Crippen molar-refractivity contribution in [1.29, 1.82) is 0 Å². The Hall–Kier alpha value is -1.16. The van der Waals surface area contributed by atoms with Gasteiger partial charge in [0, 0.05) is 24.0 Å². The molecule has 108 valence electrons. The highest BCUT2D eigenvalue weighted by Crippen LogP contribution is 2.22. The summed E-state index contributed by atoms with van der Waals surface area (Å²) in [7, 11) is 0. The highest BCUT2D eigenvalue weighted by molar-refractivity contribution is 7.09. The van der Waals surface area contributed by atoms with E-state index in [1.165, 1.54) is 10.4 Å². The van der Waals surface area contributed by atoms with Gasteiger partial charge in [-0.05, 0) is 37.8 Å². The number of hydrogen-bond acceptors (Lipinski definition) is 3. The topological polar surface area (TPSA) is 29.3 Å². The average Bonchev–Trinajstić information content (AvgIpc) is 2.91. The first-order valence-electron chi connectivity index (χ1n) is 7.10. The van der Waals surface area contributed by atoms with E-state index in [0.717, 1.165) is 13.1 Å². The first kappa shape index (κ1) is 15.2. The number of benzene rings is 1. The summed E-state index contributed by atoms with van der Waals surface area (Å²) in [5.74, 6) is 0. The summed E-state index contributed by atoms with van der Waals surface area (Å²) in [6.45, 7) is 8.40. The minimum Gasteiger partial charge on any atom is -0.321 e. The van der Waals surface area contributed by atoms with Crippen molar-refractivity contribution in [2.45, 2.75) is 38.9 Å². The lowest BCUT2D eigenvalue weighted by molar-refractivity contribution is 0.169. The van der Waals surface area contributed by atoms with Crippen LogP contribution in [0.25, 0.3) is 0 Å². The van der Waals surface area contributed by atoms with E-state index >= 15 is 0 Å². The molecule has 20 heavy (non-hydrogen) atoms. The zero-order valence-corrected chi connectivity index (χ0v) is 13.4. The van der Waals surface area contributed by atoms with Gasteiger partial charge in [0.1, 0.15) is 0 Å². The van der Waals surface area contributed by atoms with Gasteiger partial charge in [0.2, 0.25) is 0 Å². The SMILES string of the molecule is CC(C)N(Cc1cccs1)CC(C)(N)c1ccccc1. The summed E-state index contributed by atoms with van der Waals surface area (Å²) in [6, 6.07) is 15.1. The Kier molecular flexibility index (Phi) is 4.97. The van der Waals surface area contributed by atoms with Crippen LogP contribution in [-0.2, 0) is 12.1 Å². The Morgan fingerprint density at radius 3 is 2.40 bits per heavy atom. The van der Waals surface area contributed by atoms with Gasteiger partial charge in [0.05, 0.1) is 5.54 Å². The Morgan fingerprint density at radius 2 is 1.85 bits per heavy atom. The lowest BCUT2D eigenvalue weighted by Crippen LogP contribution is -2.47. The molecule has 0 bridgehead atoms. The summed E-state index contributed by atoms with van der Waals surface area (Å²) < 4.78 is 0. The molecule has 0 aliphatic carbocycles. The Labute approximate surface area is 126 Å². The summed E-state index contributed by atoms with van der Waals surface area (Å²) in [5.41, 5.74) is 7.43. The predicted octanol–water partition coefficient (Wildman–Crippen LogP) is 3.83. The fourth-order valence-electron chi connectivity index (χ4n) is 2.36. The fourth-order valence-corrected chi connectivity index (χ4v) is 3.09. The van der Waals surface area contributed by atoms with Crippen molar-refractivity contribution in [3.63, 3.8) is 0 Å². The van der Waals surface area contributed by atoms with Crippen LogP contribution in [0.1, 0.15) is 31.2 Å². The molecule has 0 radical (unpaired) electrons. The molecule has 2 N–H and O–H groups in total. The maximum atomic E-state index is 6.57. The van der Waals surface area contributed by atoms with Crippen molar-refractivity contribution in [1.82, 2.24) is 4.90 Å². The molecule has 3 heteroatoms. The van der Waals surface area contributed by atoms with E-state index in [1.807, 2.05) is 17.4 Å². The van der Waals surface area contributed by atoms with Crippen LogP contribution in [-0.4, -0.2) is 17.5 Å². The molecular formula is C17H24N2S. The van der Waals surface area contributed by atoms with Crippen molar-refractivity contribution in [3.8, 4) is 0 Å². The number of thiophene rings is 1. The second-order valence-electron chi connectivity index (χ2n) is 5.86. The molecule has 1 unspecified atom stereocenters. The molecule has 2 nitrogen and oxygen atoms in total. The minimum atomic E-state index is -0.331. The van der Waals surface area contributed by atoms with Crippen molar-refractivity contribution in [2.75, 3.05) is 6.54 Å². The minimum absolute atomic E-state index is 0.331. The maximum absolute atomic E-state index is 6.57. The van der Waals surface area contributed by atoms with Gasteiger partial charge in [-0.2, -0.15) is 0 Å². The van der Waals surface area contributed by atoms with Gasteiger partial charge in [0.15, 0.2) is 0 Å². The number of rotatable bonds is 6. The van der Waals surface area contributed by atoms with E-state index in [4.69, 9.17) is 5.73 Å². The Bertz CT molecular complexity index is 503. The second-order valence-corrected chi connectivity index (χ2v) is 6.89. The van der Waals surface area contributed by atoms with E-state index in [1.54, 1.807) is 0 Å². The smallest absolute Gasteiger partial charge is 0.0510 e. The van der Waals surface area contributed by atoms with Crippen LogP contribution in [0, 0.1) is 0 Å². The fraction of sp³-hybridized carbons (Fsp3) is 0.412. The van der Waals surface area contributed by atoms with Crippen LogP contribution in [0.4, 0.5) is 0 Å². The third-order valence-corrected chi connectivity index (χ3v) is 4.50. The maximum Gasteiger partial charge on any atom is 0.0510 e. The van der Waals surface area contributed by atoms with Crippen molar-refractivity contribution in [2.24, 2.45) is 5.73 Å². The number of nitrogens with zero attached hydrogens (tertiary/aromatic N) is 1. The van der Waals surface area contributed by atoms with E-state index in [-0.39, 0.29) is 5.54 Å². The molecule has 0 saturated carbocycles. The van der Waals surface area contributed by atoms with E-state index < -0.39 is 0 Å². The summed E-state index contributed by atoms with van der Waals surface area (Å²) >= 11 is 1.81. The lowest BCUT2D eigenvalue weighted by Gasteiger charge is -2.35. The molecule has 2 aromatic rings. The third-order valence-electron chi connectivity index (χ3n) is 3.63. The van der Waals surface area contributed by atoms with Crippen LogP contribution in [0.15, 0.2) is 47.8 Å². The monoisotopic (exact) mass is 288 g/mol. The molecule has 0 aliphatic rings. The van der Waals surface area contributed by atoms with Gasteiger partial charge in [-0.1, -0.05) is 36.4 Å². The van der Waals surface area contributed by atoms with Gasteiger partial charge in [0.25, 0.3) is 0 Å². The zero-order valence-electron chi connectivity index (χ0n) is 12.5. The van der Waals surface area contributed by atoms with Crippen molar-refractivity contribution < 1.29 is 0 Å². The molecule has 0 fully saturated rings. The van der Waals surface area contributed by atoms with E-state index in [9.17, 15) is 0 Å². The highest BCUT2D eigenvalue weighted by atomic mass is 32.1. The van der Waals surface area contributed by atoms with Gasteiger partial charge >= 0.3 is 0 Å². The van der Waals surface area contributed by atoms with Crippen molar-refractivity contribution in [3.05, 3.63) is 58.3 Å². The van der Waals surface area contributed by atoms with E-state index in [2.05, 4.69) is 67.4 Å². The van der Waals surface area contributed by atoms with Crippen LogP contribution in [0.5, 0.6) is 0 Å². The zero-order chi connectivity index (χ0) is 14.6. The average molecular weight is 288 g/mol. The number of nitrogens with two attached hydrogens (primary N) is 1. The largest absolute Gasteiger partial charge is 0.321 e. The predicted molar refractivity (Wildman–Crippen MR) is 87.8 cm³/mol. The lowest BCUT2D eigenvalue weighted by atomic mass is 9.92.